The van der Waals surface area contributed by atoms with Gasteiger partial charge < -0.3 is 15.2 Å². The van der Waals surface area contributed by atoms with Crippen LogP contribution in [0.3, 0.4) is 0 Å². The summed E-state index contributed by atoms with van der Waals surface area (Å²) in [6, 6.07) is 6.52. The number of nitrogens with zero attached hydrogens (tertiary/aromatic N) is 4. The van der Waals surface area contributed by atoms with Crippen LogP contribution in [0.4, 0.5) is 22.7 Å². The zero-order valence-corrected chi connectivity index (χ0v) is 17.7. The van der Waals surface area contributed by atoms with Crippen LogP contribution >= 0.6 is 11.6 Å². The number of aryl methyl sites for hydroxylation is 1. The number of anilines is 2. The van der Waals surface area contributed by atoms with Gasteiger partial charge in [0.15, 0.2) is 0 Å². The van der Waals surface area contributed by atoms with Crippen LogP contribution in [-0.4, -0.2) is 31.8 Å². The van der Waals surface area contributed by atoms with Crippen LogP contribution in [0.2, 0.25) is 5.02 Å². The number of aromatic nitrogens is 2. The summed E-state index contributed by atoms with van der Waals surface area (Å²) in [4.78, 5) is 37.9. The van der Waals surface area contributed by atoms with E-state index >= 15 is 0 Å². The van der Waals surface area contributed by atoms with Crippen molar-refractivity contribution in [1.82, 2.24) is 9.55 Å². The molecule has 0 saturated carbocycles. The Hall–Kier alpha value is -3.99. The van der Waals surface area contributed by atoms with E-state index < -0.39 is 15.8 Å². The molecule has 166 valence electrons. The molecule has 0 radical (unpaired) electrons. The highest BCUT2D eigenvalue weighted by Crippen LogP contribution is 2.31. The van der Waals surface area contributed by atoms with Gasteiger partial charge in [0.1, 0.15) is 0 Å². The third-order valence-electron chi connectivity index (χ3n) is 4.73. The fraction of sp³-hybridized carbons (Fsp3) is 0.200. The van der Waals surface area contributed by atoms with E-state index in [1.165, 1.54) is 37.3 Å². The molecular weight excluding hydrogens is 440 g/mol. The number of halogens is 1. The van der Waals surface area contributed by atoms with Crippen LogP contribution in [0.15, 0.2) is 49.1 Å². The van der Waals surface area contributed by atoms with Gasteiger partial charge in [-0.2, -0.15) is 0 Å². The van der Waals surface area contributed by atoms with Gasteiger partial charge in [-0.1, -0.05) is 11.6 Å². The van der Waals surface area contributed by atoms with E-state index in [1.54, 1.807) is 12.5 Å². The first-order chi connectivity index (χ1) is 15.3. The third kappa shape index (κ3) is 5.19. The largest absolute Gasteiger partial charge is 0.383 e. The second kappa shape index (κ2) is 9.88. The molecule has 0 aliphatic heterocycles. The Morgan fingerprint density at radius 1 is 1.16 bits per heavy atom. The summed E-state index contributed by atoms with van der Waals surface area (Å²) in [7, 11) is 0. The summed E-state index contributed by atoms with van der Waals surface area (Å²) in [6.07, 6.45) is 5.97. The molecule has 0 aliphatic rings. The van der Waals surface area contributed by atoms with Crippen LogP contribution in [0.5, 0.6) is 0 Å². The molecule has 1 aromatic heterocycles. The van der Waals surface area contributed by atoms with E-state index in [1.807, 2.05) is 10.8 Å². The molecule has 11 nitrogen and oxygen atoms in total. The highest BCUT2D eigenvalue weighted by Gasteiger charge is 2.21. The second-order valence-electron chi connectivity index (χ2n) is 6.85. The van der Waals surface area contributed by atoms with Gasteiger partial charge in [-0.3, -0.25) is 25.0 Å². The molecular formula is C20H19ClN6O5. The van der Waals surface area contributed by atoms with E-state index in [0.717, 1.165) is 13.0 Å². The predicted octanol–water partition coefficient (Wildman–Crippen LogP) is 4.42. The van der Waals surface area contributed by atoms with Crippen molar-refractivity contribution in [3.63, 3.8) is 0 Å². The zero-order chi connectivity index (χ0) is 23.3. The Morgan fingerprint density at radius 2 is 1.94 bits per heavy atom. The van der Waals surface area contributed by atoms with Gasteiger partial charge in [-0.25, -0.2) is 4.98 Å². The van der Waals surface area contributed by atoms with Crippen molar-refractivity contribution in [2.24, 2.45) is 0 Å². The summed E-state index contributed by atoms with van der Waals surface area (Å²) in [5.41, 5.74) is 0.453. The van der Waals surface area contributed by atoms with E-state index in [2.05, 4.69) is 15.6 Å². The smallest absolute Gasteiger partial charge is 0.273 e. The summed E-state index contributed by atoms with van der Waals surface area (Å²) in [6.45, 7) is 2.70. The number of amides is 1. The number of benzene rings is 2. The molecule has 3 rings (SSSR count). The van der Waals surface area contributed by atoms with Crippen LogP contribution in [0.1, 0.15) is 22.3 Å². The van der Waals surface area contributed by atoms with E-state index in [4.69, 9.17) is 11.6 Å². The number of imidazole rings is 1. The van der Waals surface area contributed by atoms with Gasteiger partial charge >= 0.3 is 0 Å². The average Bonchev–Trinajstić information content (AvgIpc) is 3.27. The van der Waals surface area contributed by atoms with Crippen molar-refractivity contribution in [2.45, 2.75) is 19.9 Å². The minimum Gasteiger partial charge on any atom is -0.383 e. The Kier molecular flexibility index (Phi) is 7.00. The number of carbonyl (C=O) groups excluding carboxylic acids is 1. The molecule has 0 aliphatic carbocycles. The molecule has 0 spiro atoms. The normalized spacial score (nSPS) is 10.6. The van der Waals surface area contributed by atoms with E-state index in [9.17, 15) is 25.0 Å². The quantitative estimate of drug-likeness (QED) is 0.274. The molecule has 12 heteroatoms. The van der Waals surface area contributed by atoms with Gasteiger partial charge in [0.2, 0.25) is 0 Å². The van der Waals surface area contributed by atoms with Crippen molar-refractivity contribution in [3.8, 4) is 0 Å². The van der Waals surface area contributed by atoms with E-state index in [-0.39, 0.29) is 33.2 Å². The minimum atomic E-state index is -0.644. The highest BCUT2D eigenvalue weighted by molar-refractivity contribution is 6.35. The number of non-ortho nitro benzene ring substituents is 1. The van der Waals surface area contributed by atoms with Crippen LogP contribution < -0.4 is 10.6 Å². The molecule has 1 heterocycles. The lowest BCUT2D eigenvalue weighted by atomic mass is 10.1. The summed E-state index contributed by atoms with van der Waals surface area (Å²) in [5, 5.41) is 28.0. The first kappa shape index (κ1) is 22.7. The molecule has 0 fully saturated rings. The third-order valence-corrected chi connectivity index (χ3v) is 5.22. The van der Waals surface area contributed by atoms with E-state index in [0.29, 0.717) is 12.2 Å². The number of nitro benzene ring substituents is 2. The fourth-order valence-electron chi connectivity index (χ4n) is 3.04. The first-order valence-corrected chi connectivity index (χ1v) is 9.88. The maximum atomic E-state index is 12.8. The zero-order valence-electron chi connectivity index (χ0n) is 16.9. The molecule has 0 bridgehead atoms. The monoisotopic (exact) mass is 458 g/mol. The van der Waals surface area contributed by atoms with Gasteiger partial charge in [0.25, 0.3) is 17.3 Å². The average molecular weight is 459 g/mol. The predicted molar refractivity (Wildman–Crippen MR) is 119 cm³/mol. The summed E-state index contributed by atoms with van der Waals surface area (Å²) < 4.78 is 1.92. The Labute approximate surface area is 187 Å². The number of carbonyl (C=O) groups is 1. The second-order valence-corrected chi connectivity index (χ2v) is 7.23. The first-order valence-electron chi connectivity index (χ1n) is 9.51. The number of rotatable bonds is 9. The lowest BCUT2D eigenvalue weighted by Gasteiger charge is -2.14. The molecule has 0 unspecified atom stereocenters. The summed E-state index contributed by atoms with van der Waals surface area (Å²) >= 11 is 6.18. The molecule has 2 N–H and O–H groups in total. The van der Waals surface area contributed by atoms with Gasteiger partial charge in [-0.15, -0.1) is 0 Å². The SMILES string of the molecule is Cc1c([N+](=O)[O-])ccc(C(=O)Nc2cc([N+](=O)[O-])ccc2NCCCn2ccnc2)c1Cl. The van der Waals surface area contributed by atoms with Crippen LogP contribution in [-0.2, 0) is 6.54 Å². The van der Waals surface area contributed by atoms with Crippen molar-refractivity contribution in [2.75, 3.05) is 17.2 Å². The Bertz CT molecular complexity index is 1170. The Balaban J connectivity index is 1.79. The number of hydrogen-bond donors (Lipinski definition) is 2. The van der Waals surface area contributed by atoms with Crippen molar-refractivity contribution < 1.29 is 14.6 Å². The van der Waals surface area contributed by atoms with Crippen molar-refractivity contribution in [3.05, 3.63) is 85.4 Å². The molecule has 0 atom stereocenters. The Morgan fingerprint density at radius 3 is 2.59 bits per heavy atom. The van der Waals surface area contributed by atoms with Crippen LogP contribution in [0, 0.1) is 27.2 Å². The number of nitro groups is 2. The maximum Gasteiger partial charge on any atom is 0.273 e. The molecule has 3 aromatic rings. The standard InChI is InChI=1S/C20H19ClN6O5/c1-13-18(27(31)32)6-4-15(19(13)21)20(28)24-17-11-14(26(29)30)3-5-16(17)23-7-2-9-25-10-8-22-12-25/h3-6,8,10-12,23H,2,7,9H2,1H3,(H,24,28). The molecule has 32 heavy (non-hydrogen) atoms. The highest BCUT2D eigenvalue weighted by atomic mass is 35.5. The topological polar surface area (TPSA) is 145 Å². The molecule has 1 amide bonds. The maximum absolute atomic E-state index is 12.8. The van der Waals surface area contributed by atoms with Gasteiger partial charge in [0.05, 0.1) is 38.1 Å². The van der Waals surface area contributed by atoms with Gasteiger partial charge in [-0.05, 0) is 25.5 Å². The number of nitrogens with one attached hydrogen (secondary N) is 2. The lowest BCUT2D eigenvalue weighted by Crippen LogP contribution is -2.15. The minimum absolute atomic E-state index is 0.0207. The van der Waals surface area contributed by atoms with Crippen LogP contribution in [0.25, 0.3) is 0 Å². The molecule has 0 saturated heterocycles. The fourth-order valence-corrected chi connectivity index (χ4v) is 3.29. The molecule has 2 aromatic carbocycles. The lowest BCUT2D eigenvalue weighted by molar-refractivity contribution is -0.385. The van der Waals surface area contributed by atoms with Gasteiger partial charge in [0, 0.05) is 49.2 Å². The number of hydrogen-bond acceptors (Lipinski definition) is 7. The van der Waals surface area contributed by atoms with Crippen molar-refractivity contribution in [1.29, 1.82) is 0 Å². The van der Waals surface area contributed by atoms with Crippen molar-refractivity contribution >= 4 is 40.3 Å². The summed E-state index contributed by atoms with van der Waals surface area (Å²) in [5.74, 6) is -0.644.